The van der Waals surface area contributed by atoms with Gasteiger partial charge in [0.1, 0.15) is 11.5 Å². The van der Waals surface area contributed by atoms with Crippen LogP contribution in [0.2, 0.25) is 0 Å². The van der Waals surface area contributed by atoms with Gasteiger partial charge in [0.25, 0.3) is 0 Å². The van der Waals surface area contributed by atoms with E-state index in [2.05, 4.69) is 171 Å². The molecule has 0 saturated carbocycles. The first-order chi connectivity index (χ1) is 24.8. The van der Waals surface area contributed by atoms with Crippen LogP contribution in [-0.4, -0.2) is 13.2 Å². The molecule has 0 spiro atoms. The Kier molecular flexibility index (Phi) is 12.9. The third-order valence-electron chi connectivity index (χ3n) is 8.42. The minimum absolute atomic E-state index is 0.598. The van der Waals surface area contributed by atoms with Gasteiger partial charge in [0.05, 0.1) is 13.2 Å². The van der Waals surface area contributed by atoms with Crippen LogP contribution in [-0.2, 0) is 0 Å². The molecule has 4 heteroatoms. The molecule has 0 aromatic heterocycles. The molecule has 6 rings (SSSR count). The molecule has 0 aliphatic carbocycles. The highest BCUT2D eigenvalue weighted by molar-refractivity contribution is 7.80. The molecule has 0 unspecified atom stereocenters. The van der Waals surface area contributed by atoms with Crippen LogP contribution in [0.25, 0.3) is 11.1 Å². The van der Waals surface area contributed by atoms with E-state index in [0.29, 0.717) is 13.2 Å². The highest BCUT2D eigenvalue weighted by Crippen LogP contribution is 2.47. The summed E-state index contributed by atoms with van der Waals surface area (Å²) in [6, 6.07) is 56.9. The van der Waals surface area contributed by atoms with Crippen LogP contribution in [0.3, 0.4) is 0 Å². The molecule has 0 saturated heterocycles. The van der Waals surface area contributed by atoms with Gasteiger partial charge in [0.15, 0.2) is 0 Å². The van der Waals surface area contributed by atoms with Gasteiger partial charge in [-0.2, -0.15) is 0 Å². The van der Waals surface area contributed by atoms with Gasteiger partial charge < -0.3 is 9.47 Å². The van der Waals surface area contributed by atoms with Crippen LogP contribution in [0.15, 0.2) is 183 Å². The Bertz CT molecular complexity index is 1720. The van der Waals surface area contributed by atoms with Crippen molar-refractivity contribution in [2.24, 2.45) is 0 Å². The average Bonchev–Trinajstić information content (AvgIpc) is 3.17. The summed E-state index contributed by atoms with van der Waals surface area (Å²) < 4.78 is 13.6. The molecule has 0 N–H and O–H groups in total. The Morgan fingerprint density at radius 3 is 1.02 bits per heavy atom. The van der Waals surface area contributed by atoms with Crippen molar-refractivity contribution in [2.75, 3.05) is 13.2 Å². The lowest BCUT2D eigenvalue weighted by Crippen LogP contribution is -2.26. The van der Waals surface area contributed by atoms with Crippen molar-refractivity contribution in [3.63, 3.8) is 0 Å². The fourth-order valence-corrected chi connectivity index (χ4v) is 11.1. The van der Waals surface area contributed by atoms with Gasteiger partial charge in [0, 0.05) is 11.1 Å². The zero-order valence-corrected chi connectivity index (χ0v) is 30.3. The summed E-state index contributed by atoms with van der Waals surface area (Å²) in [5.41, 5.74) is 2.22. The maximum atomic E-state index is 6.80. The number of unbranched alkanes of at least 4 members (excludes halogenated alkanes) is 2. The van der Waals surface area contributed by atoms with E-state index < -0.39 is 15.8 Å². The molecule has 0 bridgehead atoms. The highest BCUT2D eigenvalue weighted by Gasteiger charge is 2.30. The zero-order chi connectivity index (χ0) is 34.4. The summed E-state index contributed by atoms with van der Waals surface area (Å²) in [7, 11) is -1.91. The van der Waals surface area contributed by atoms with Crippen molar-refractivity contribution in [3.8, 4) is 22.6 Å². The lowest BCUT2D eigenvalue weighted by molar-refractivity contribution is 0.309. The third-order valence-corrected chi connectivity index (χ3v) is 13.4. The van der Waals surface area contributed by atoms with Gasteiger partial charge >= 0.3 is 0 Å². The molecule has 0 atom stereocenters. The van der Waals surface area contributed by atoms with Gasteiger partial charge in [-0.1, -0.05) is 158 Å². The molecule has 0 heterocycles. The number of hydrogen-bond acceptors (Lipinski definition) is 2. The van der Waals surface area contributed by atoms with Crippen molar-refractivity contribution in [1.29, 1.82) is 0 Å². The van der Waals surface area contributed by atoms with Crippen molar-refractivity contribution in [2.45, 2.75) is 25.7 Å². The zero-order valence-electron chi connectivity index (χ0n) is 28.5. The lowest BCUT2D eigenvalue weighted by Gasteiger charge is -2.29. The number of rotatable bonds is 17. The first kappa shape index (κ1) is 35.1. The molecule has 0 fully saturated rings. The van der Waals surface area contributed by atoms with Gasteiger partial charge in [0.2, 0.25) is 0 Å². The Hall–Kier alpha value is -4.74. The predicted molar refractivity (Wildman–Crippen MR) is 219 cm³/mol. The maximum absolute atomic E-state index is 6.80. The van der Waals surface area contributed by atoms with Crippen molar-refractivity contribution >= 4 is 47.7 Å². The van der Waals surface area contributed by atoms with Crippen LogP contribution < -0.4 is 41.3 Å². The van der Waals surface area contributed by atoms with Crippen LogP contribution >= 0.6 is 15.8 Å². The normalized spacial score (nSPS) is 11.0. The number of ether oxygens (including phenoxy) is 2. The second-order valence-electron chi connectivity index (χ2n) is 11.9. The molecule has 0 aliphatic rings. The molecule has 250 valence electrons. The SMILES string of the molecule is C=CCCCOc1cccc(P(c2ccccc2)c2ccccc2)c1-c1c(OCCCC=C)cccc1P(c1ccccc1)c1ccccc1. The summed E-state index contributed by atoms with van der Waals surface area (Å²) >= 11 is 0. The monoisotopic (exact) mass is 690 g/mol. The fourth-order valence-electron chi connectivity index (χ4n) is 6.14. The first-order valence-corrected chi connectivity index (χ1v) is 20.0. The van der Waals surface area contributed by atoms with E-state index in [1.54, 1.807) is 0 Å². The van der Waals surface area contributed by atoms with Crippen LogP contribution in [0.4, 0.5) is 0 Å². The van der Waals surface area contributed by atoms with E-state index in [1.807, 2.05) is 12.2 Å². The number of allylic oxidation sites excluding steroid dienone is 2. The van der Waals surface area contributed by atoms with E-state index in [9.17, 15) is 0 Å². The molecule has 0 radical (unpaired) electrons. The number of benzene rings is 6. The fraction of sp³-hybridized carbons (Fsp3) is 0.130. The van der Waals surface area contributed by atoms with Gasteiger partial charge in [-0.05, 0) is 85.5 Å². The molecule has 6 aromatic carbocycles. The molecule has 6 aromatic rings. The largest absolute Gasteiger partial charge is 0.493 e. The summed E-state index contributed by atoms with van der Waals surface area (Å²) in [6.07, 6.45) is 7.51. The summed E-state index contributed by atoms with van der Waals surface area (Å²) in [6.45, 7) is 9.08. The Morgan fingerprint density at radius 2 is 0.720 bits per heavy atom. The molecule has 0 aliphatic heterocycles. The van der Waals surface area contributed by atoms with E-state index in [1.165, 1.54) is 31.8 Å². The highest BCUT2D eigenvalue weighted by atomic mass is 31.1. The van der Waals surface area contributed by atoms with Crippen LogP contribution in [0.5, 0.6) is 11.5 Å². The maximum Gasteiger partial charge on any atom is 0.127 e. The van der Waals surface area contributed by atoms with E-state index in [0.717, 1.165) is 48.3 Å². The van der Waals surface area contributed by atoms with Gasteiger partial charge in [-0.25, -0.2) is 0 Å². The van der Waals surface area contributed by atoms with E-state index in [-0.39, 0.29) is 0 Å². The topological polar surface area (TPSA) is 18.5 Å². The Balaban J connectivity index is 1.67. The average molecular weight is 691 g/mol. The van der Waals surface area contributed by atoms with Crippen molar-refractivity contribution in [1.82, 2.24) is 0 Å². The minimum Gasteiger partial charge on any atom is -0.493 e. The van der Waals surface area contributed by atoms with Crippen LogP contribution in [0.1, 0.15) is 25.7 Å². The lowest BCUT2D eigenvalue weighted by atomic mass is 10.0. The van der Waals surface area contributed by atoms with Crippen molar-refractivity contribution in [3.05, 3.63) is 183 Å². The first-order valence-electron chi connectivity index (χ1n) is 17.3. The summed E-state index contributed by atoms with van der Waals surface area (Å²) in [5.74, 6) is 1.76. The minimum atomic E-state index is -0.957. The second-order valence-corrected chi connectivity index (χ2v) is 16.2. The Morgan fingerprint density at radius 1 is 0.400 bits per heavy atom. The molecule has 0 amide bonds. The molecular weight excluding hydrogens is 646 g/mol. The summed E-state index contributed by atoms with van der Waals surface area (Å²) in [5, 5.41) is 7.66. The second kappa shape index (κ2) is 18.3. The van der Waals surface area contributed by atoms with Gasteiger partial charge in [-0.15, -0.1) is 13.2 Å². The smallest absolute Gasteiger partial charge is 0.127 e. The van der Waals surface area contributed by atoms with E-state index in [4.69, 9.17) is 9.47 Å². The van der Waals surface area contributed by atoms with Gasteiger partial charge in [-0.3, -0.25) is 0 Å². The third kappa shape index (κ3) is 8.51. The van der Waals surface area contributed by atoms with Crippen molar-refractivity contribution < 1.29 is 9.47 Å². The van der Waals surface area contributed by atoms with Crippen LogP contribution in [0, 0.1) is 0 Å². The quantitative estimate of drug-likeness (QED) is 0.0540. The predicted octanol–water partition coefficient (Wildman–Crippen LogP) is 9.56. The molecule has 2 nitrogen and oxygen atoms in total. The molecule has 50 heavy (non-hydrogen) atoms. The molecular formula is C46H44O2P2. The standard InChI is InChI=1S/C46H44O2P2/c1-3-5-19-35-47-41-31-21-33-43(49(37-23-11-7-12-24-37)38-25-13-8-14-26-38)45(41)46-42(48-36-20-6-4-2)32-22-34-44(46)50(39-27-15-9-16-28-39)40-29-17-10-18-30-40/h3-4,7-18,21-34H,1-2,5-6,19-20,35-36H2. The Labute approximate surface area is 300 Å². The number of hydrogen-bond donors (Lipinski definition) is 0. The van der Waals surface area contributed by atoms with E-state index >= 15 is 0 Å². The summed E-state index contributed by atoms with van der Waals surface area (Å²) in [4.78, 5) is 0.